The molecule has 98 valence electrons. The van der Waals surface area contributed by atoms with Crippen LogP contribution in [0.1, 0.15) is 0 Å². The van der Waals surface area contributed by atoms with Gasteiger partial charge in [-0.15, -0.1) is 0 Å². The van der Waals surface area contributed by atoms with Gasteiger partial charge in [0.2, 0.25) is 5.82 Å². The molecule has 19 heavy (non-hydrogen) atoms. The Morgan fingerprint density at radius 2 is 2.00 bits per heavy atom. The highest BCUT2D eigenvalue weighted by atomic mass is 19.1. The van der Waals surface area contributed by atoms with Crippen molar-refractivity contribution in [1.29, 1.82) is 0 Å². The van der Waals surface area contributed by atoms with E-state index in [0.717, 1.165) is 12.4 Å². The van der Waals surface area contributed by atoms with E-state index < -0.39 is 35.4 Å². The summed E-state index contributed by atoms with van der Waals surface area (Å²) in [6, 6.07) is 5.28. The van der Waals surface area contributed by atoms with Crippen LogP contribution in [-0.4, -0.2) is 20.6 Å². The molecule has 0 aliphatic carbocycles. The van der Waals surface area contributed by atoms with Gasteiger partial charge in [0.1, 0.15) is 18.1 Å². The third-order valence-corrected chi connectivity index (χ3v) is 2.42. The van der Waals surface area contributed by atoms with Gasteiger partial charge in [-0.2, -0.15) is 4.39 Å². The van der Waals surface area contributed by atoms with Crippen LogP contribution in [0.4, 0.5) is 8.78 Å². The average molecular weight is 266 g/mol. The van der Waals surface area contributed by atoms with Gasteiger partial charge in [-0.05, 0) is 12.1 Å². The minimum Gasteiger partial charge on any atom is -0.480 e. The molecule has 0 radical (unpaired) electrons. The normalized spacial score (nSPS) is 10.4. The van der Waals surface area contributed by atoms with Crippen molar-refractivity contribution in [2.45, 2.75) is 6.54 Å². The molecule has 2 aromatic rings. The van der Waals surface area contributed by atoms with Gasteiger partial charge < -0.3 is 5.11 Å². The van der Waals surface area contributed by atoms with Crippen LogP contribution < -0.4 is 5.56 Å². The van der Waals surface area contributed by atoms with Crippen LogP contribution in [0.15, 0.2) is 35.4 Å². The van der Waals surface area contributed by atoms with E-state index in [9.17, 15) is 18.4 Å². The maximum absolute atomic E-state index is 13.8. The van der Waals surface area contributed by atoms with Crippen LogP contribution in [0, 0.1) is 11.6 Å². The molecule has 0 spiro atoms. The van der Waals surface area contributed by atoms with Crippen LogP contribution in [0.2, 0.25) is 0 Å². The van der Waals surface area contributed by atoms with Crippen molar-refractivity contribution < 1.29 is 18.7 Å². The highest BCUT2D eigenvalue weighted by Crippen LogP contribution is 2.20. The molecule has 1 aromatic carbocycles. The smallest absolute Gasteiger partial charge is 0.323 e. The predicted molar refractivity (Wildman–Crippen MR) is 61.5 cm³/mol. The summed E-state index contributed by atoms with van der Waals surface area (Å²) in [5, 5.41) is 8.54. The van der Waals surface area contributed by atoms with Crippen LogP contribution in [-0.2, 0) is 11.3 Å². The summed E-state index contributed by atoms with van der Waals surface area (Å²) < 4.78 is 27.9. The fourth-order valence-electron chi connectivity index (χ4n) is 1.56. The second-order valence-electron chi connectivity index (χ2n) is 3.71. The summed E-state index contributed by atoms with van der Waals surface area (Å²) in [4.78, 5) is 25.7. The highest BCUT2D eigenvalue weighted by Gasteiger charge is 2.16. The minimum absolute atomic E-state index is 0.153. The second kappa shape index (κ2) is 4.97. The van der Waals surface area contributed by atoms with E-state index in [1.165, 1.54) is 18.2 Å². The molecule has 0 aliphatic heterocycles. The predicted octanol–water partition coefficient (Wildman–Crippen LogP) is 1.27. The molecule has 1 aromatic heterocycles. The fraction of sp³-hybridized carbons (Fsp3) is 0.0833. The van der Waals surface area contributed by atoms with Crippen LogP contribution in [0.25, 0.3) is 11.3 Å². The van der Waals surface area contributed by atoms with Crippen molar-refractivity contribution in [2.24, 2.45) is 0 Å². The summed E-state index contributed by atoms with van der Waals surface area (Å²) in [6.07, 6.45) is 0.876. The lowest BCUT2D eigenvalue weighted by atomic mass is 10.1. The van der Waals surface area contributed by atoms with Gasteiger partial charge in [-0.25, -0.2) is 9.37 Å². The number of carboxylic acids is 1. The van der Waals surface area contributed by atoms with E-state index in [4.69, 9.17) is 5.11 Å². The maximum Gasteiger partial charge on any atom is 0.323 e. The van der Waals surface area contributed by atoms with Crippen LogP contribution in [0.3, 0.4) is 0 Å². The van der Waals surface area contributed by atoms with E-state index in [2.05, 4.69) is 4.98 Å². The Bertz CT molecular complexity index is 698. The topological polar surface area (TPSA) is 72.2 Å². The number of carbonyl (C=O) groups is 1. The molecule has 2 rings (SSSR count). The van der Waals surface area contributed by atoms with Gasteiger partial charge >= 0.3 is 5.97 Å². The summed E-state index contributed by atoms with van der Waals surface area (Å²) >= 11 is 0. The standard InChI is InChI=1S/C12H8F2N2O3/c13-8-4-2-1-3-7(8)11-10(14)12(19)16(6-15-11)5-9(17)18/h1-4,6H,5H2,(H,17,18). The van der Waals surface area contributed by atoms with Gasteiger partial charge in [-0.1, -0.05) is 12.1 Å². The van der Waals surface area contributed by atoms with E-state index in [-0.39, 0.29) is 5.56 Å². The largest absolute Gasteiger partial charge is 0.480 e. The Kier molecular flexibility index (Phi) is 3.37. The molecule has 0 saturated heterocycles. The van der Waals surface area contributed by atoms with Crippen LogP contribution >= 0.6 is 0 Å². The molecule has 1 N–H and O–H groups in total. The summed E-state index contributed by atoms with van der Waals surface area (Å²) in [5.41, 5.74) is -1.75. The second-order valence-corrected chi connectivity index (χ2v) is 3.71. The number of aliphatic carboxylic acids is 1. The highest BCUT2D eigenvalue weighted by molar-refractivity contribution is 5.66. The van der Waals surface area contributed by atoms with Gasteiger partial charge in [0, 0.05) is 5.56 Å². The van der Waals surface area contributed by atoms with Gasteiger partial charge in [0.05, 0.1) is 6.33 Å². The zero-order valence-corrected chi connectivity index (χ0v) is 9.51. The van der Waals surface area contributed by atoms with Gasteiger partial charge in [0.15, 0.2) is 0 Å². The average Bonchev–Trinajstić information content (AvgIpc) is 2.36. The molecule has 0 fully saturated rings. The molecule has 0 aliphatic rings. The summed E-state index contributed by atoms with van der Waals surface area (Å²) in [6.45, 7) is -0.708. The van der Waals surface area contributed by atoms with Crippen molar-refractivity contribution in [2.75, 3.05) is 0 Å². The quantitative estimate of drug-likeness (QED) is 0.908. The lowest BCUT2D eigenvalue weighted by Gasteiger charge is -2.06. The van der Waals surface area contributed by atoms with Crippen molar-refractivity contribution in [3.05, 3.63) is 52.6 Å². The number of halogens is 2. The maximum atomic E-state index is 13.8. The van der Waals surface area contributed by atoms with E-state index in [1.54, 1.807) is 0 Å². The monoisotopic (exact) mass is 266 g/mol. The molecule has 0 amide bonds. The number of aromatic nitrogens is 2. The Labute approximate surface area is 105 Å². The minimum atomic E-state index is -1.30. The molecule has 7 heteroatoms. The first-order chi connectivity index (χ1) is 9.00. The third-order valence-electron chi connectivity index (χ3n) is 2.42. The Hall–Kier alpha value is -2.57. The number of nitrogens with zero attached hydrogens (tertiary/aromatic N) is 2. The third kappa shape index (κ3) is 2.49. The summed E-state index contributed by atoms with van der Waals surface area (Å²) in [5.74, 6) is -3.31. The van der Waals surface area contributed by atoms with E-state index >= 15 is 0 Å². The Morgan fingerprint density at radius 1 is 1.32 bits per heavy atom. The zero-order valence-electron chi connectivity index (χ0n) is 9.51. The SMILES string of the molecule is O=C(O)Cn1cnc(-c2ccccc2F)c(F)c1=O. The summed E-state index contributed by atoms with van der Waals surface area (Å²) in [7, 11) is 0. The first kappa shape index (κ1) is 12.9. The van der Waals surface area contributed by atoms with Crippen molar-refractivity contribution in [1.82, 2.24) is 9.55 Å². The molecular weight excluding hydrogens is 258 g/mol. The first-order valence-electron chi connectivity index (χ1n) is 5.22. The molecule has 0 bridgehead atoms. The lowest BCUT2D eigenvalue weighted by molar-refractivity contribution is -0.137. The Morgan fingerprint density at radius 3 is 2.63 bits per heavy atom. The van der Waals surface area contributed by atoms with Crippen LogP contribution in [0.5, 0.6) is 0 Å². The molecule has 0 atom stereocenters. The number of hydrogen-bond donors (Lipinski definition) is 1. The molecule has 5 nitrogen and oxygen atoms in total. The van der Waals surface area contributed by atoms with E-state index in [0.29, 0.717) is 4.57 Å². The Balaban J connectivity index is 2.57. The van der Waals surface area contributed by atoms with E-state index in [1.807, 2.05) is 0 Å². The van der Waals surface area contributed by atoms with Gasteiger partial charge in [-0.3, -0.25) is 14.2 Å². The number of benzene rings is 1. The molecular formula is C12H8F2N2O3. The number of hydrogen-bond acceptors (Lipinski definition) is 3. The first-order valence-corrected chi connectivity index (χ1v) is 5.22. The van der Waals surface area contributed by atoms with Gasteiger partial charge in [0.25, 0.3) is 5.56 Å². The zero-order chi connectivity index (χ0) is 14.0. The van der Waals surface area contributed by atoms with Crippen molar-refractivity contribution >= 4 is 5.97 Å². The molecule has 0 saturated carbocycles. The number of carboxylic acid groups (broad SMARTS) is 1. The fourth-order valence-corrected chi connectivity index (χ4v) is 1.56. The number of rotatable bonds is 3. The lowest BCUT2D eigenvalue weighted by Crippen LogP contribution is -2.27. The molecule has 1 heterocycles. The van der Waals surface area contributed by atoms with Crippen molar-refractivity contribution in [3.63, 3.8) is 0 Å². The molecule has 0 unspecified atom stereocenters. The van der Waals surface area contributed by atoms with Crippen molar-refractivity contribution in [3.8, 4) is 11.3 Å².